The summed E-state index contributed by atoms with van der Waals surface area (Å²) in [5.74, 6) is 0.965. The molecule has 11 heteroatoms. The Kier molecular flexibility index (Phi) is 8.93. The van der Waals surface area contributed by atoms with Crippen molar-refractivity contribution < 1.29 is 62.4 Å². The number of methoxy groups -OCH3 is 2. The SMILES string of the molecule is COc1ccc(C[N+]2(Cc3cc(C(F)(F)F)cc(C(F)(F)F)c3)CCC[C@H]2CO)cc1OC.[Br-]. The van der Waals surface area contributed by atoms with E-state index in [0.717, 1.165) is 17.7 Å². The number of aliphatic hydroxyl groups is 1. The molecule has 0 saturated carbocycles. The largest absolute Gasteiger partial charge is 1.00 e. The van der Waals surface area contributed by atoms with Gasteiger partial charge in [0.2, 0.25) is 0 Å². The minimum atomic E-state index is -4.91. The molecule has 0 radical (unpaired) electrons. The first-order valence-electron chi connectivity index (χ1n) is 10.4. The van der Waals surface area contributed by atoms with E-state index in [2.05, 4.69) is 0 Å². The van der Waals surface area contributed by atoms with E-state index in [-0.39, 0.29) is 52.3 Å². The smallest absolute Gasteiger partial charge is 0.416 e. The van der Waals surface area contributed by atoms with Gasteiger partial charge in [0.05, 0.1) is 38.5 Å². The lowest BCUT2D eigenvalue weighted by Crippen LogP contribution is -3.00. The van der Waals surface area contributed by atoms with Crippen molar-refractivity contribution in [1.29, 1.82) is 0 Å². The Morgan fingerprint density at radius 3 is 1.91 bits per heavy atom. The summed E-state index contributed by atoms with van der Waals surface area (Å²) < 4.78 is 90.8. The number of rotatable bonds is 7. The van der Waals surface area contributed by atoms with Crippen LogP contribution in [0.15, 0.2) is 36.4 Å². The summed E-state index contributed by atoms with van der Waals surface area (Å²) in [6, 6.07) is 6.58. The molecule has 190 valence electrons. The zero-order valence-corrected chi connectivity index (χ0v) is 20.2. The number of aliphatic hydroxyl groups excluding tert-OH is 1. The maximum absolute atomic E-state index is 13.4. The van der Waals surface area contributed by atoms with Gasteiger partial charge in [-0.05, 0) is 36.4 Å². The fraction of sp³-hybridized carbons (Fsp3) is 0.478. The van der Waals surface area contributed by atoms with Crippen LogP contribution in [0.2, 0.25) is 0 Å². The lowest BCUT2D eigenvalue weighted by Gasteiger charge is -2.40. The average molecular weight is 558 g/mol. The van der Waals surface area contributed by atoms with Crippen LogP contribution >= 0.6 is 0 Å². The van der Waals surface area contributed by atoms with Crippen molar-refractivity contribution in [2.45, 2.75) is 44.3 Å². The Hall–Kier alpha value is -1.98. The molecule has 2 aromatic rings. The summed E-state index contributed by atoms with van der Waals surface area (Å²) in [6.07, 6.45) is -8.50. The number of nitrogens with zero attached hydrogens (tertiary/aromatic N) is 1. The van der Waals surface area contributed by atoms with Crippen molar-refractivity contribution in [3.63, 3.8) is 0 Å². The predicted molar refractivity (Wildman–Crippen MR) is 109 cm³/mol. The molecule has 1 saturated heterocycles. The van der Waals surface area contributed by atoms with E-state index < -0.39 is 23.5 Å². The maximum Gasteiger partial charge on any atom is 0.416 e. The topological polar surface area (TPSA) is 38.7 Å². The van der Waals surface area contributed by atoms with Crippen LogP contribution in [0, 0.1) is 0 Å². The number of halogens is 7. The van der Waals surface area contributed by atoms with E-state index in [4.69, 9.17) is 9.47 Å². The van der Waals surface area contributed by atoms with Crippen molar-refractivity contribution >= 4 is 0 Å². The van der Waals surface area contributed by atoms with Crippen molar-refractivity contribution in [3.8, 4) is 11.5 Å². The minimum Gasteiger partial charge on any atom is -1.00 e. The lowest BCUT2D eigenvalue weighted by molar-refractivity contribution is -0.964. The number of alkyl halides is 6. The van der Waals surface area contributed by atoms with Gasteiger partial charge in [0.25, 0.3) is 0 Å². The number of ether oxygens (including phenoxy) is 2. The molecule has 1 aliphatic heterocycles. The Labute approximate surface area is 204 Å². The molecule has 0 amide bonds. The van der Waals surface area contributed by atoms with Gasteiger partial charge in [-0.3, -0.25) is 0 Å². The van der Waals surface area contributed by atoms with Gasteiger partial charge in [0, 0.05) is 24.0 Å². The van der Waals surface area contributed by atoms with Crippen molar-refractivity contribution in [3.05, 3.63) is 58.7 Å². The van der Waals surface area contributed by atoms with Crippen molar-refractivity contribution in [1.82, 2.24) is 0 Å². The molecule has 0 spiro atoms. The highest BCUT2D eigenvalue weighted by Crippen LogP contribution is 2.39. The molecule has 2 aromatic carbocycles. The monoisotopic (exact) mass is 557 g/mol. The third-order valence-electron chi connectivity index (χ3n) is 6.22. The Balaban J connectivity index is 0.00000408. The zero-order chi connectivity index (χ0) is 24.4. The number of benzene rings is 2. The van der Waals surface area contributed by atoms with Gasteiger partial charge in [-0.1, -0.05) is 0 Å². The molecule has 1 fully saturated rings. The summed E-state index contributed by atoms with van der Waals surface area (Å²) >= 11 is 0. The first-order chi connectivity index (χ1) is 15.4. The molecule has 1 heterocycles. The molecule has 1 unspecified atom stereocenters. The number of hydrogen-bond donors (Lipinski definition) is 1. The highest BCUT2D eigenvalue weighted by atomic mass is 79.9. The zero-order valence-electron chi connectivity index (χ0n) is 18.6. The quantitative estimate of drug-likeness (QED) is 0.420. The molecular weight excluding hydrogens is 532 g/mol. The Morgan fingerprint density at radius 1 is 0.853 bits per heavy atom. The van der Waals surface area contributed by atoms with E-state index in [9.17, 15) is 31.4 Å². The second kappa shape index (κ2) is 10.7. The van der Waals surface area contributed by atoms with Crippen LogP contribution in [0.4, 0.5) is 26.3 Å². The summed E-state index contributed by atoms with van der Waals surface area (Å²) in [7, 11) is 2.96. The van der Waals surface area contributed by atoms with Crippen molar-refractivity contribution in [2.75, 3.05) is 27.4 Å². The van der Waals surface area contributed by atoms with Gasteiger partial charge in [-0.2, -0.15) is 26.3 Å². The summed E-state index contributed by atoms with van der Waals surface area (Å²) in [5.41, 5.74) is -1.97. The van der Waals surface area contributed by atoms with Gasteiger partial charge in [0.1, 0.15) is 19.1 Å². The van der Waals surface area contributed by atoms with Gasteiger partial charge < -0.3 is 36.0 Å². The summed E-state index contributed by atoms with van der Waals surface area (Å²) in [4.78, 5) is 0. The van der Waals surface area contributed by atoms with Gasteiger partial charge >= 0.3 is 12.4 Å². The number of likely N-dealkylation sites (tertiary alicyclic amines) is 1. The fourth-order valence-electron chi connectivity index (χ4n) is 4.65. The van der Waals surface area contributed by atoms with Gasteiger partial charge in [0.15, 0.2) is 11.5 Å². The molecule has 0 bridgehead atoms. The number of hydrogen-bond acceptors (Lipinski definition) is 3. The number of quaternary nitrogens is 1. The first kappa shape index (κ1) is 28.3. The molecule has 0 aliphatic carbocycles. The standard InChI is InChI=1S/C23H26F6NO3.BrH/c1-32-20-6-5-15(10-21(20)33-2)12-30(7-3-4-19(30)14-31)13-16-8-17(22(24,25)26)11-18(9-16)23(27,28)29;/h5-6,8-11,19,31H,3-4,7,12-14H2,1-2H3;1H/q+1;/p-1/t19-,30?;/m0./s1. The van der Waals surface area contributed by atoms with E-state index in [1.165, 1.54) is 14.2 Å². The third kappa shape index (κ3) is 6.17. The average Bonchev–Trinajstić information content (AvgIpc) is 3.13. The van der Waals surface area contributed by atoms with Crippen LogP contribution in [-0.4, -0.2) is 43.0 Å². The van der Waals surface area contributed by atoms with E-state index in [1.807, 2.05) is 0 Å². The summed E-state index contributed by atoms with van der Waals surface area (Å²) in [6.45, 7) is 0.519. The van der Waals surface area contributed by atoms with E-state index in [1.54, 1.807) is 18.2 Å². The van der Waals surface area contributed by atoms with Crippen LogP contribution in [0.3, 0.4) is 0 Å². The second-order valence-electron chi connectivity index (χ2n) is 8.34. The highest BCUT2D eigenvalue weighted by molar-refractivity contribution is 5.42. The summed E-state index contributed by atoms with van der Waals surface area (Å²) in [5, 5.41) is 9.99. The Morgan fingerprint density at radius 2 is 1.41 bits per heavy atom. The van der Waals surface area contributed by atoms with Gasteiger partial charge in [-0.25, -0.2) is 0 Å². The maximum atomic E-state index is 13.4. The van der Waals surface area contributed by atoms with Crippen LogP contribution in [0.1, 0.15) is 35.1 Å². The Bertz CT molecular complexity index is 950. The molecule has 34 heavy (non-hydrogen) atoms. The van der Waals surface area contributed by atoms with Crippen LogP contribution < -0.4 is 26.5 Å². The van der Waals surface area contributed by atoms with Crippen LogP contribution in [0.5, 0.6) is 11.5 Å². The molecule has 4 nitrogen and oxygen atoms in total. The van der Waals surface area contributed by atoms with Crippen LogP contribution in [0.25, 0.3) is 0 Å². The molecule has 3 rings (SSSR count). The fourth-order valence-corrected chi connectivity index (χ4v) is 4.65. The first-order valence-corrected chi connectivity index (χ1v) is 10.4. The molecule has 1 aliphatic rings. The molecule has 2 atom stereocenters. The highest BCUT2D eigenvalue weighted by Gasteiger charge is 2.43. The van der Waals surface area contributed by atoms with Crippen molar-refractivity contribution in [2.24, 2.45) is 0 Å². The van der Waals surface area contributed by atoms with Gasteiger partial charge in [-0.15, -0.1) is 0 Å². The van der Waals surface area contributed by atoms with Crippen LogP contribution in [-0.2, 0) is 25.4 Å². The minimum absolute atomic E-state index is 0. The predicted octanol–water partition coefficient (Wildman–Crippen LogP) is 2.42. The lowest BCUT2D eigenvalue weighted by atomic mass is 10.0. The molecule has 1 N–H and O–H groups in total. The van der Waals surface area contributed by atoms with E-state index in [0.29, 0.717) is 37.4 Å². The molecule has 0 aromatic heterocycles. The normalized spacial score (nSPS) is 20.7. The second-order valence-corrected chi connectivity index (χ2v) is 8.34. The molecular formula is C23H26BrF6NO3. The van der Waals surface area contributed by atoms with E-state index >= 15 is 0 Å². The third-order valence-corrected chi connectivity index (χ3v) is 6.22.